The summed E-state index contributed by atoms with van der Waals surface area (Å²) in [6.07, 6.45) is 2.25. The maximum atomic E-state index is 12.7. The molecule has 7 nitrogen and oxygen atoms in total. The van der Waals surface area contributed by atoms with Crippen LogP contribution in [0.1, 0.15) is 27.1 Å². The monoisotopic (exact) mass is 465 g/mol. The van der Waals surface area contributed by atoms with Gasteiger partial charge in [0.2, 0.25) is 0 Å². The van der Waals surface area contributed by atoms with Gasteiger partial charge in [-0.1, -0.05) is 11.6 Å². The summed E-state index contributed by atoms with van der Waals surface area (Å²) >= 11 is 7.34. The highest BCUT2D eigenvalue weighted by molar-refractivity contribution is 7.98. The lowest BCUT2D eigenvalue weighted by Gasteiger charge is -2.18. The van der Waals surface area contributed by atoms with Crippen LogP contribution in [0, 0.1) is 0 Å². The van der Waals surface area contributed by atoms with E-state index in [0.717, 1.165) is 0 Å². The average molecular weight is 466 g/mol. The number of Topliss-reactive ketones (excluding diaryl/α,β-unsaturated/α-hetero) is 1. The number of nitrogens with one attached hydrogen (secondary N) is 1. The highest BCUT2D eigenvalue weighted by Gasteiger charge is 2.24. The second-order valence-corrected chi connectivity index (χ2v) is 7.84. The quantitative estimate of drug-likeness (QED) is 0.400. The van der Waals surface area contributed by atoms with Crippen LogP contribution in [0.5, 0.6) is 11.5 Å². The van der Waals surface area contributed by atoms with Crippen LogP contribution in [-0.4, -0.2) is 56.5 Å². The molecular formula is C22H24ClNO6S. The molecule has 2 aromatic rings. The van der Waals surface area contributed by atoms with Crippen molar-refractivity contribution in [2.24, 2.45) is 0 Å². The highest BCUT2D eigenvalue weighted by atomic mass is 35.5. The molecule has 0 fully saturated rings. The molecule has 0 heterocycles. The Morgan fingerprint density at radius 3 is 2.26 bits per heavy atom. The molecule has 0 spiro atoms. The molecule has 0 aromatic heterocycles. The first kappa shape index (κ1) is 24.6. The summed E-state index contributed by atoms with van der Waals surface area (Å²) in [5.74, 6) is 0.0000328. The Balaban J connectivity index is 2.04. The van der Waals surface area contributed by atoms with Gasteiger partial charge < -0.3 is 19.5 Å². The number of rotatable bonds is 11. The van der Waals surface area contributed by atoms with E-state index < -0.39 is 24.5 Å². The maximum Gasteiger partial charge on any atom is 0.329 e. The van der Waals surface area contributed by atoms with Crippen molar-refractivity contribution >= 4 is 41.0 Å². The molecule has 0 saturated heterocycles. The fourth-order valence-corrected chi connectivity index (χ4v) is 3.26. The lowest BCUT2D eigenvalue weighted by atomic mass is 10.1. The van der Waals surface area contributed by atoms with E-state index in [1.54, 1.807) is 36.4 Å². The van der Waals surface area contributed by atoms with Crippen LogP contribution in [0.4, 0.5) is 0 Å². The Hall–Kier alpha value is -2.71. The minimum absolute atomic E-state index is 0.303. The van der Waals surface area contributed by atoms with Gasteiger partial charge in [0.15, 0.2) is 23.9 Å². The first-order valence-corrected chi connectivity index (χ1v) is 11.1. The van der Waals surface area contributed by atoms with Crippen LogP contribution in [-0.2, 0) is 9.53 Å². The second kappa shape index (κ2) is 12.2. The van der Waals surface area contributed by atoms with Crippen LogP contribution in [0.15, 0.2) is 42.5 Å². The molecule has 0 bridgehead atoms. The van der Waals surface area contributed by atoms with Gasteiger partial charge in [0.1, 0.15) is 6.04 Å². The van der Waals surface area contributed by atoms with Gasteiger partial charge in [0.25, 0.3) is 5.91 Å². The third-order valence-corrected chi connectivity index (χ3v) is 5.25. The Morgan fingerprint density at radius 1 is 1.00 bits per heavy atom. The summed E-state index contributed by atoms with van der Waals surface area (Å²) in [4.78, 5) is 37.5. The lowest BCUT2D eigenvalue weighted by Crippen LogP contribution is -2.42. The van der Waals surface area contributed by atoms with Crippen molar-refractivity contribution in [1.29, 1.82) is 0 Å². The molecule has 31 heavy (non-hydrogen) atoms. The van der Waals surface area contributed by atoms with Crippen LogP contribution in [0.25, 0.3) is 0 Å². The van der Waals surface area contributed by atoms with Crippen molar-refractivity contribution in [2.45, 2.75) is 12.5 Å². The standard InChI is InChI=1S/C22H24ClNO6S/c1-28-19-9-6-15(12-20(19)29-2)21(26)24-17(10-11-31-3)22(27)30-13-18(25)14-4-7-16(23)8-5-14/h4-9,12,17H,10-11,13H2,1-3H3,(H,24,26)/t17-/m1/s1. The summed E-state index contributed by atoms with van der Waals surface area (Å²) in [5.41, 5.74) is 0.684. The lowest BCUT2D eigenvalue weighted by molar-refractivity contribution is -0.144. The van der Waals surface area contributed by atoms with E-state index in [-0.39, 0.29) is 5.78 Å². The normalized spacial score (nSPS) is 11.4. The molecule has 2 rings (SSSR count). The molecule has 0 aliphatic rings. The van der Waals surface area contributed by atoms with E-state index >= 15 is 0 Å². The number of carbonyl (C=O) groups excluding carboxylic acids is 3. The zero-order valence-corrected chi connectivity index (χ0v) is 19.0. The van der Waals surface area contributed by atoms with E-state index in [9.17, 15) is 14.4 Å². The fraction of sp³-hybridized carbons (Fsp3) is 0.318. The molecular weight excluding hydrogens is 442 g/mol. The van der Waals surface area contributed by atoms with E-state index in [1.165, 1.54) is 32.0 Å². The summed E-state index contributed by atoms with van der Waals surface area (Å²) in [5, 5.41) is 3.18. The SMILES string of the molecule is COc1ccc(C(=O)N[C@H](CCSC)C(=O)OCC(=O)c2ccc(Cl)cc2)cc1OC. The zero-order valence-electron chi connectivity index (χ0n) is 17.5. The number of methoxy groups -OCH3 is 2. The molecule has 9 heteroatoms. The van der Waals surface area contributed by atoms with Gasteiger partial charge in [0.05, 0.1) is 14.2 Å². The molecule has 0 aliphatic heterocycles. The number of halogens is 1. The predicted octanol–water partition coefficient (Wildman–Crippen LogP) is 3.63. The Labute approximate surface area is 190 Å². The van der Waals surface area contributed by atoms with Gasteiger partial charge >= 0.3 is 5.97 Å². The Kier molecular flexibility index (Phi) is 9.68. The molecule has 0 radical (unpaired) electrons. The first-order chi connectivity index (χ1) is 14.9. The van der Waals surface area contributed by atoms with Gasteiger partial charge in [-0.05, 0) is 60.9 Å². The van der Waals surface area contributed by atoms with Crippen molar-refractivity contribution in [2.75, 3.05) is 32.8 Å². The summed E-state index contributed by atoms with van der Waals surface area (Å²) in [7, 11) is 2.97. The first-order valence-electron chi connectivity index (χ1n) is 9.36. The van der Waals surface area contributed by atoms with Crippen molar-refractivity contribution in [1.82, 2.24) is 5.32 Å². The molecule has 166 valence electrons. The van der Waals surface area contributed by atoms with Crippen LogP contribution in [0.2, 0.25) is 5.02 Å². The predicted molar refractivity (Wildman–Crippen MR) is 121 cm³/mol. The number of thioether (sulfide) groups is 1. The minimum Gasteiger partial charge on any atom is -0.493 e. The molecule has 0 saturated carbocycles. The topological polar surface area (TPSA) is 90.9 Å². The van der Waals surface area contributed by atoms with E-state index in [2.05, 4.69) is 5.32 Å². The van der Waals surface area contributed by atoms with Gasteiger partial charge in [0, 0.05) is 16.1 Å². The van der Waals surface area contributed by atoms with Crippen LogP contribution < -0.4 is 14.8 Å². The van der Waals surface area contributed by atoms with E-state index in [4.69, 9.17) is 25.8 Å². The number of esters is 1. The average Bonchev–Trinajstić information content (AvgIpc) is 2.79. The summed E-state index contributed by atoms with van der Waals surface area (Å²) in [6, 6.07) is 10.1. The Morgan fingerprint density at radius 2 is 1.65 bits per heavy atom. The third-order valence-electron chi connectivity index (χ3n) is 4.36. The number of amides is 1. The second-order valence-electron chi connectivity index (χ2n) is 6.42. The number of ether oxygens (including phenoxy) is 3. The number of carbonyl (C=O) groups is 3. The van der Waals surface area contributed by atoms with Crippen molar-refractivity contribution < 1.29 is 28.6 Å². The summed E-state index contributed by atoms with van der Waals surface area (Å²) < 4.78 is 15.6. The van der Waals surface area contributed by atoms with Crippen LogP contribution in [0.3, 0.4) is 0 Å². The van der Waals surface area contributed by atoms with Crippen molar-refractivity contribution in [3.63, 3.8) is 0 Å². The van der Waals surface area contributed by atoms with Gasteiger partial charge in [-0.3, -0.25) is 9.59 Å². The molecule has 0 aliphatic carbocycles. The zero-order chi connectivity index (χ0) is 22.8. The number of ketones is 1. The molecule has 2 aromatic carbocycles. The van der Waals surface area contributed by atoms with Gasteiger partial charge in [-0.2, -0.15) is 11.8 Å². The molecule has 1 amide bonds. The smallest absolute Gasteiger partial charge is 0.329 e. The maximum absolute atomic E-state index is 12.7. The summed E-state index contributed by atoms with van der Waals surface area (Å²) in [6.45, 7) is -0.428. The van der Waals surface area contributed by atoms with E-state index in [0.29, 0.717) is 39.8 Å². The highest BCUT2D eigenvalue weighted by Crippen LogP contribution is 2.27. The molecule has 1 atom stereocenters. The molecule has 0 unspecified atom stereocenters. The van der Waals surface area contributed by atoms with Crippen LogP contribution >= 0.6 is 23.4 Å². The van der Waals surface area contributed by atoms with Crippen molar-refractivity contribution in [3.8, 4) is 11.5 Å². The number of hydrogen-bond acceptors (Lipinski definition) is 7. The fourth-order valence-electron chi connectivity index (χ4n) is 2.66. The third kappa shape index (κ3) is 7.18. The number of hydrogen-bond donors (Lipinski definition) is 1. The van der Waals surface area contributed by atoms with Gasteiger partial charge in [-0.15, -0.1) is 0 Å². The van der Waals surface area contributed by atoms with Crippen molar-refractivity contribution in [3.05, 3.63) is 58.6 Å². The largest absolute Gasteiger partial charge is 0.493 e. The van der Waals surface area contributed by atoms with E-state index in [1.807, 2.05) is 6.26 Å². The molecule has 1 N–H and O–H groups in total. The van der Waals surface area contributed by atoms with Gasteiger partial charge in [-0.25, -0.2) is 4.79 Å². The number of benzene rings is 2. The minimum atomic E-state index is -0.897. The Bertz CT molecular complexity index is 919.